The minimum absolute atomic E-state index is 0.133. The topological polar surface area (TPSA) is 45.0 Å². The number of nitrogens with zero attached hydrogens (tertiary/aromatic N) is 1. The summed E-state index contributed by atoms with van der Waals surface area (Å²) >= 11 is 5.96. The molecular weight excluding hydrogens is 260 g/mol. The summed E-state index contributed by atoms with van der Waals surface area (Å²) in [6.07, 6.45) is 1.48. The maximum absolute atomic E-state index is 9.02. The van der Waals surface area contributed by atoms with Crippen LogP contribution in [-0.4, -0.2) is 18.8 Å². The lowest BCUT2D eigenvalue weighted by molar-refractivity contribution is -0.0923. The smallest absolute Gasteiger partial charge is 0.101 e. The van der Waals surface area contributed by atoms with Crippen LogP contribution in [0.2, 0.25) is 5.02 Å². The van der Waals surface area contributed by atoms with E-state index in [1.165, 1.54) is 0 Å². The van der Waals surface area contributed by atoms with Crippen molar-refractivity contribution >= 4 is 17.3 Å². The van der Waals surface area contributed by atoms with E-state index >= 15 is 0 Å². The molecule has 19 heavy (non-hydrogen) atoms. The van der Waals surface area contributed by atoms with Gasteiger partial charge in [0.1, 0.15) is 6.07 Å². The Morgan fingerprint density at radius 1 is 1.47 bits per heavy atom. The van der Waals surface area contributed by atoms with Gasteiger partial charge in [0.15, 0.2) is 0 Å². The third-order valence-electron chi connectivity index (χ3n) is 4.51. The summed E-state index contributed by atoms with van der Waals surface area (Å²) in [4.78, 5) is 0. The van der Waals surface area contributed by atoms with E-state index in [1.54, 1.807) is 6.07 Å². The fraction of sp³-hybridized carbons (Fsp3) is 0.533. The molecule has 2 fully saturated rings. The third-order valence-corrected chi connectivity index (χ3v) is 4.84. The largest absolute Gasteiger partial charge is 0.381 e. The van der Waals surface area contributed by atoms with Gasteiger partial charge in [-0.25, -0.2) is 0 Å². The highest BCUT2D eigenvalue weighted by Gasteiger charge is 2.59. The predicted molar refractivity (Wildman–Crippen MR) is 75.2 cm³/mol. The molecule has 0 bridgehead atoms. The number of hydrogen-bond donors (Lipinski definition) is 1. The molecule has 3 atom stereocenters. The Bertz CT molecular complexity index is 550. The van der Waals surface area contributed by atoms with Crippen molar-refractivity contribution < 1.29 is 4.74 Å². The number of rotatable bonds is 2. The minimum atomic E-state index is 0.133. The molecule has 1 aromatic rings. The normalized spacial score (nSPS) is 31.2. The molecule has 1 N–H and O–H groups in total. The van der Waals surface area contributed by atoms with Gasteiger partial charge in [0.25, 0.3) is 0 Å². The van der Waals surface area contributed by atoms with Crippen LogP contribution in [0, 0.1) is 22.7 Å². The summed E-state index contributed by atoms with van der Waals surface area (Å²) < 4.78 is 5.79. The van der Waals surface area contributed by atoms with E-state index in [4.69, 9.17) is 21.6 Å². The van der Waals surface area contributed by atoms with Gasteiger partial charge in [-0.3, -0.25) is 0 Å². The first-order chi connectivity index (χ1) is 9.04. The zero-order valence-corrected chi connectivity index (χ0v) is 11.9. The van der Waals surface area contributed by atoms with E-state index in [0.29, 0.717) is 28.6 Å². The van der Waals surface area contributed by atoms with E-state index in [-0.39, 0.29) is 5.41 Å². The Labute approximate surface area is 118 Å². The molecule has 0 spiro atoms. The molecule has 3 rings (SSSR count). The first-order valence-electron chi connectivity index (χ1n) is 6.62. The molecule has 0 amide bonds. The molecule has 1 aliphatic heterocycles. The van der Waals surface area contributed by atoms with Gasteiger partial charge in [-0.15, -0.1) is 0 Å². The number of benzene rings is 1. The second kappa shape index (κ2) is 4.40. The molecule has 4 heteroatoms. The van der Waals surface area contributed by atoms with Crippen molar-refractivity contribution in [2.75, 3.05) is 11.9 Å². The van der Waals surface area contributed by atoms with Crippen LogP contribution in [0.3, 0.4) is 0 Å². The number of anilines is 1. The quantitative estimate of drug-likeness (QED) is 0.900. The van der Waals surface area contributed by atoms with Crippen LogP contribution >= 0.6 is 11.6 Å². The van der Waals surface area contributed by atoms with E-state index < -0.39 is 0 Å². The number of nitriles is 1. The maximum Gasteiger partial charge on any atom is 0.101 e. The highest BCUT2D eigenvalue weighted by atomic mass is 35.5. The van der Waals surface area contributed by atoms with Crippen LogP contribution in [0.5, 0.6) is 0 Å². The van der Waals surface area contributed by atoms with Crippen LogP contribution in [0.15, 0.2) is 18.2 Å². The fourth-order valence-electron chi connectivity index (χ4n) is 3.50. The van der Waals surface area contributed by atoms with Gasteiger partial charge in [0.05, 0.1) is 16.7 Å². The summed E-state index contributed by atoms with van der Waals surface area (Å²) in [7, 11) is 0. The second-order valence-electron chi connectivity index (χ2n) is 5.99. The first-order valence-corrected chi connectivity index (χ1v) is 6.99. The Morgan fingerprint density at radius 3 is 3.00 bits per heavy atom. The molecular formula is C15H17ClN2O. The SMILES string of the molecule is CC1(C)C(Nc2ccc(Cl)c(C#N)c2)C2CCOC21. The standard InChI is InChI=1S/C15H17ClN2O/c1-15(2)13(11-5-6-19-14(11)15)18-10-3-4-12(16)9(7-10)8-17/h3-4,7,11,13-14,18H,5-6H2,1-2H3. The lowest BCUT2D eigenvalue weighted by Crippen LogP contribution is -2.63. The molecule has 3 nitrogen and oxygen atoms in total. The zero-order valence-electron chi connectivity index (χ0n) is 11.1. The average molecular weight is 277 g/mol. The van der Waals surface area contributed by atoms with Crippen molar-refractivity contribution in [3.8, 4) is 6.07 Å². The molecule has 0 radical (unpaired) electrons. The first kappa shape index (κ1) is 12.8. The molecule has 1 heterocycles. The highest BCUT2D eigenvalue weighted by molar-refractivity contribution is 6.31. The Hall–Kier alpha value is -1.24. The van der Waals surface area contributed by atoms with Crippen molar-refractivity contribution in [2.45, 2.75) is 32.4 Å². The number of halogens is 1. The van der Waals surface area contributed by atoms with E-state index in [0.717, 1.165) is 18.7 Å². The van der Waals surface area contributed by atoms with Crippen LogP contribution in [0.1, 0.15) is 25.8 Å². The lowest BCUT2D eigenvalue weighted by Gasteiger charge is -2.55. The van der Waals surface area contributed by atoms with E-state index in [1.807, 2.05) is 12.1 Å². The third kappa shape index (κ3) is 1.91. The summed E-state index contributed by atoms with van der Waals surface area (Å²) in [5.41, 5.74) is 1.61. The van der Waals surface area contributed by atoms with Gasteiger partial charge in [0, 0.05) is 29.7 Å². The Balaban J connectivity index is 1.81. The molecule has 1 aliphatic carbocycles. The monoisotopic (exact) mass is 276 g/mol. The average Bonchev–Trinajstić information content (AvgIpc) is 2.84. The van der Waals surface area contributed by atoms with Crippen LogP contribution < -0.4 is 5.32 Å². The molecule has 1 aromatic carbocycles. The van der Waals surface area contributed by atoms with Crippen molar-refractivity contribution in [1.82, 2.24) is 0 Å². The second-order valence-corrected chi connectivity index (χ2v) is 6.40. The summed E-state index contributed by atoms with van der Waals surface area (Å²) in [6, 6.07) is 8.04. The van der Waals surface area contributed by atoms with Crippen molar-refractivity contribution in [3.63, 3.8) is 0 Å². The fourth-order valence-corrected chi connectivity index (χ4v) is 3.66. The Kier molecular flexibility index (Phi) is 2.96. The van der Waals surface area contributed by atoms with E-state index in [2.05, 4.69) is 25.2 Å². The van der Waals surface area contributed by atoms with E-state index in [9.17, 15) is 0 Å². The molecule has 1 saturated heterocycles. The van der Waals surface area contributed by atoms with Crippen molar-refractivity contribution in [1.29, 1.82) is 5.26 Å². The molecule has 0 aromatic heterocycles. The summed E-state index contributed by atoms with van der Waals surface area (Å²) in [5, 5.41) is 13.1. The van der Waals surface area contributed by atoms with Crippen LogP contribution in [-0.2, 0) is 4.74 Å². The van der Waals surface area contributed by atoms with Gasteiger partial charge in [-0.2, -0.15) is 5.26 Å². The number of hydrogen-bond acceptors (Lipinski definition) is 3. The predicted octanol–water partition coefficient (Wildman–Crippen LogP) is 3.44. The van der Waals surface area contributed by atoms with Gasteiger partial charge in [-0.05, 0) is 24.6 Å². The lowest BCUT2D eigenvalue weighted by atomic mass is 9.57. The number of nitrogens with one attached hydrogen (secondary N) is 1. The number of fused-ring (bicyclic) bond motifs is 1. The Morgan fingerprint density at radius 2 is 2.26 bits per heavy atom. The maximum atomic E-state index is 9.02. The molecule has 2 aliphatic rings. The molecule has 1 saturated carbocycles. The van der Waals surface area contributed by atoms with Gasteiger partial charge >= 0.3 is 0 Å². The summed E-state index contributed by atoms with van der Waals surface area (Å²) in [6.45, 7) is 5.33. The molecule has 100 valence electrons. The zero-order chi connectivity index (χ0) is 13.6. The highest BCUT2D eigenvalue weighted by Crippen LogP contribution is 2.53. The van der Waals surface area contributed by atoms with Gasteiger partial charge in [0.2, 0.25) is 0 Å². The van der Waals surface area contributed by atoms with Crippen molar-refractivity contribution in [2.24, 2.45) is 11.3 Å². The van der Waals surface area contributed by atoms with Gasteiger partial charge in [-0.1, -0.05) is 25.4 Å². The number of ether oxygens (including phenoxy) is 1. The van der Waals surface area contributed by atoms with Crippen LogP contribution in [0.25, 0.3) is 0 Å². The summed E-state index contributed by atoms with van der Waals surface area (Å²) in [5.74, 6) is 0.580. The van der Waals surface area contributed by atoms with Gasteiger partial charge < -0.3 is 10.1 Å². The van der Waals surface area contributed by atoms with Crippen molar-refractivity contribution in [3.05, 3.63) is 28.8 Å². The molecule has 3 unspecified atom stereocenters. The van der Waals surface area contributed by atoms with Crippen LogP contribution in [0.4, 0.5) is 5.69 Å². The minimum Gasteiger partial charge on any atom is -0.381 e.